The van der Waals surface area contributed by atoms with Crippen molar-refractivity contribution in [1.82, 2.24) is 5.32 Å². The summed E-state index contributed by atoms with van der Waals surface area (Å²) >= 11 is 0. The molecule has 0 aromatic rings. The molecular weight excluding hydrogens is 659 g/mol. The zero-order valence-corrected chi connectivity index (χ0v) is 35.4. The highest BCUT2D eigenvalue weighted by Crippen LogP contribution is 2.17. The van der Waals surface area contributed by atoms with Crippen LogP contribution in [0.25, 0.3) is 0 Å². The number of carbonyl (C=O) groups is 2. The van der Waals surface area contributed by atoms with Gasteiger partial charge in [0, 0.05) is 6.42 Å². The molecule has 0 spiro atoms. The van der Waals surface area contributed by atoms with Gasteiger partial charge in [0.15, 0.2) is 0 Å². The maximum Gasteiger partial charge on any atom is 0.306 e. The monoisotopic (exact) mass is 748 g/mol. The van der Waals surface area contributed by atoms with Crippen molar-refractivity contribution in [3.8, 4) is 0 Å². The van der Waals surface area contributed by atoms with Crippen molar-refractivity contribution >= 4 is 11.9 Å². The van der Waals surface area contributed by atoms with Gasteiger partial charge in [0.05, 0.1) is 25.2 Å². The molecular formula is C47H89NO5. The summed E-state index contributed by atoms with van der Waals surface area (Å²) in [6.07, 6.45) is 45.2. The maximum absolute atomic E-state index is 13.1. The Balaban J connectivity index is 4.61. The Morgan fingerprint density at radius 1 is 0.528 bits per heavy atom. The number of aliphatic hydroxyl groups is 2. The molecule has 0 saturated carbocycles. The molecule has 0 aromatic carbocycles. The zero-order chi connectivity index (χ0) is 38.9. The molecule has 53 heavy (non-hydrogen) atoms. The second-order valence-corrected chi connectivity index (χ2v) is 15.8. The molecule has 0 aliphatic rings. The largest absolute Gasteiger partial charge is 0.462 e. The molecule has 0 aromatic heterocycles. The SMILES string of the molecule is CCCC/C=C\CCCCCCCC(=O)OC(CCCCCCC/C=C\CCCCCC)CC(=O)NC(CO)C(O)CCCCCCCCCCCC. The van der Waals surface area contributed by atoms with Crippen molar-refractivity contribution in [2.45, 2.75) is 257 Å². The highest BCUT2D eigenvalue weighted by molar-refractivity contribution is 5.77. The van der Waals surface area contributed by atoms with Crippen LogP contribution in [0.15, 0.2) is 24.3 Å². The van der Waals surface area contributed by atoms with E-state index in [0.29, 0.717) is 19.3 Å². The smallest absolute Gasteiger partial charge is 0.306 e. The fourth-order valence-electron chi connectivity index (χ4n) is 6.93. The van der Waals surface area contributed by atoms with Gasteiger partial charge >= 0.3 is 5.97 Å². The summed E-state index contributed by atoms with van der Waals surface area (Å²) in [5, 5.41) is 23.6. The molecule has 0 aliphatic heterocycles. The van der Waals surface area contributed by atoms with Crippen molar-refractivity contribution < 1.29 is 24.5 Å². The highest BCUT2D eigenvalue weighted by Gasteiger charge is 2.24. The third-order valence-corrected chi connectivity index (χ3v) is 10.5. The molecule has 6 nitrogen and oxygen atoms in total. The quantitative estimate of drug-likeness (QED) is 0.0329. The number of amides is 1. The fraction of sp³-hybridized carbons (Fsp3) is 0.872. The van der Waals surface area contributed by atoms with Gasteiger partial charge in [-0.05, 0) is 70.6 Å². The van der Waals surface area contributed by atoms with E-state index >= 15 is 0 Å². The van der Waals surface area contributed by atoms with Gasteiger partial charge in [-0.25, -0.2) is 0 Å². The minimum Gasteiger partial charge on any atom is -0.462 e. The fourth-order valence-corrected chi connectivity index (χ4v) is 6.93. The Hall–Kier alpha value is -1.66. The molecule has 1 amide bonds. The predicted molar refractivity (Wildman–Crippen MR) is 227 cm³/mol. The van der Waals surface area contributed by atoms with Gasteiger partial charge in [-0.3, -0.25) is 9.59 Å². The number of hydrogen-bond donors (Lipinski definition) is 3. The van der Waals surface area contributed by atoms with E-state index < -0.39 is 18.2 Å². The van der Waals surface area contributed by atoms with E-state index in [1.165, 1.54) is 122 Å². The molecule has 6 heteroatoms. The number of carbonyl (C=O) groups excluding carboxylic acids is 2. The molecule has 3 N–H and O–H groups in total. The highest BCUT2D eigenvalue weighted by atomic mass is 16.5. The van der Waals surface area contributed by atoms with Crippen molar-refractivity contribution in [2.75, 3.05) is 6.61 Å². The summed E-state index contributed by atoms with van der Waals surface area (Å²) in [7, 11) is 0. The van der Waals surface area contributed by atoms with Crippen LogP contribution in [0, 0.1) is 0 Å². The van der Waals surface area contributed by atoms with Crippen molar-refractivity contribution in [3.63, 3.8) is 0 Å². The number of aliphatic hydroxyl groups excluding tert-OH is 2. The van der Waals surface area contributed by atoms with Crippen molar-refractivity contribution in [1.29, 1.82) is 0 Å². The zero-order valence-electron chi connectivity index (χ0n) is 35.4. The van der Waals surface area contributed by atoms with Crippen LogP contribution in [0.5, 0.6) is 0 Å². The average Bonchev–Trinajstić information content (AvgIpc) is 3.15. The molecule has 3 atom stereocenters. The Labute approximate surface area is 329 Å². The van der Waals surface area contributed by atoms with Gasteiger partial charge in [-0.1, -0.05) is 180 Å². The van der Waals surface area contributed by atoms with Crippen LogP contribution in [0.2, 0.25) is 0 Å². The normalized spacial score (nSPS) is 13.5. The van der Waals surface area contributed by atoms with E-state index in [1.54, 1.807) is 0 Å². The lowest BCUT2D eigenvalue weighted by atomic mass is 10.0. The molecule has 0 saturated heterocycles. The lowest BCUT2D eigenvalue weighted by molar-refractivity contribution is -0.151. The summed E-state index contributed by atoms with van der Waals surface area (Å²) in [4.78, 5) is 25.9. The van der Waals surface area contributed by atoms with E-state index in [2.05, 4.69) is 50.4 Å². The molecule has 3 unspecified atom stereocenters. The molecule has 0 rings (SSSR count). The molecule has 0 heterocycles. The summed E-state index contributed by atoms with van der Waals surface area (Å²) in [5.74, 6) is -0.489. The first-order valence-corrected chi connectivity index (χ1v) is 23.1. The van der Waals surface area contributed by atoms with Crippen LogP contribution in [-0.4, -0.2) is 46.9 Å². The maximum atomic E-state index is 13.1. The van der Waals surface area contributed by atoms with E-state index in [4.69, 9.17) is 4.74 Å². The number of hydrogen-bond acceptors (Lipinski definition) is 5. The van der Waals surface area contributed by atoms with E-state index in [1.807, 2.05) is 0 Å². The minimum atomic E-state index is -0.785. The number of esters is 1. The Kier molecular flexibility index (Phi) is 40.2. The summed E-state index contributed by atoms with van der Waals surface area (Å²) in [6, 6.07) is -0.699. The second-order valence-electron chi connectivity index (χ2n) is 15.8. The molecule has 0 fully saturated rings. The van der Waals surface area contributed by atoms with Gasteiger partial charge < -0.3 is 20.3 Å². The van der Waals surface area contributed by atoms with E-state index in [9.17, 15) is 19.8 Å². The van der Waals surface area contributed by atoms with Gasteiger partial charge in [0.2, 0.25) is 5.91 Å². The molecule has 312 valence electrons. The summed E-state index contributed by atoms with van der Waals surface area (Å²) < 4.78 is 5.89. The van der Waals surface area contributed by atoms with Gasteiger partial charge in [-0.2, -0.15) is 0 Å². The Bertz CT molecular complexity index is 843. The standard InChI is InChI=1S/C47H89NO5/c1-4-7-10-13-16-19-22-23-25-26-29-32-35-38-43(53-47(52)40-37-34-31-28-24-20-17-14-11-8-5-2)41-46(51)48-44(42-49)45(50)39-36-33-30-27-21-18-15-12-9-6-3/h14,17,19,22,43-45,49-50H,4-13,15-16,18,20-21,23-42H2,1-3H3,(H,48,51)/b17-14-,22-19-. The third-order valence-electron chi connectivity index (χ3n) is 10.5. The van der Waals surface area contributed by atoms with Crippen molar-refractivity contribution in [2.24, 2.45) is 0 Å². The van der Waals surface area contributed by atoms with Crippen LogP contribution in [0.1, 0.15) is 239 Å². The lowest BCUT2D eigenvalue weighted by Gasteiger charge is -2.24. The molecule has 0 bridgehead atoms. The number of rotatable bonds is 41. The van der Waals surface area contributed by atoms with E-state index in [-0.39, 0.29) is 24.9 Å². The number of nitrogens with one attached hydrogen (secondary N) is 1. The Morgan fingerprint density at radius 3 is 1.42 bits per heavy atom. The topological polar surface area (TPSA) is 95.9 Å². The van der Waals surface area contributed by atoms with Crippen molar-refractivity contribution in [3.05, 3.63) is 24.3 Å². The second kappa shape index (κ2) is 41.5. The predicted octanol–water partition coefficient (Wildman–Crippen LogP) is 13.2. The van der Waals surface area contributed by atoms with Crippen LogP contribution >= 0.6 is 0 Å². The van der Waals surface area contributed by atoms with E-state index in [0.717, 1.165) is 70.6 Å². The Morgan fingerprint density at radius 2 is 0.925 bits per heavy atom. The van der Waals surface area contributed by atoms with Gasteiger partial charge in [-0.15, -0.1) is 0 Å². The lowest BCUT2D eigenvalue weighted by Crippen LogP contribution is -2.46. The summed E-state index contributed by atoms with van der Waals surface area (Å²) in [6.45, 7) is 6.41. The van der Waals surface area contributed by atoms with Crippen LogP contribution < -0.4 is 5.32 Å². The van der Waals surface area contributed by atoms with Gasteiger partial charge in [0.1, 0.15) is 6.10 Å². The van der Waals surface area contributed by atoms with Crippen LogP contribution in [0.3, 0.4) is 0 Å². The molecule has 0 radical (unpaired) electrons. The average molecular weight is 748 g/mol. The van der Waals surface area contributed by atoms with Crippen LogP contribution in [-0.2, 0) is 14.3 Å². The minimum absolute atomic E-state index is 0.0715. The van der Waals surface area contributed by atoms with Gasteiger partial charge in [0.25, 0.3) is 0 Å². The van der Waals surface area contributed by atoms with Crippen LogP contribution in [0.4, 0.5) is 0 Å². The first kappa shape index (κ1) is 51.3. The number of unbranched alkanes of at least 4 members (excludes halogenated alkanes) is 25. The first-order chi connectivity index (χ1) is 26.0. The third kappa shape index (κ3) is 37.1. The molecule has 0 aliphatic carbocycles. The summed E-state index contributed by atoms with van der Waals surface area (Å²) in [5.41, 5.74) is 0. The first-order valence-electron chi connectivity index (χ1n) is 23.1. The number of allylic oxidation sites excluding steroid dienone is 4. The number of ether oxygens (including phenoxy) is 1.